The van der Waals surface area contributed by atoms with Gasteiger partial charge in [-0.25, -0.2) is 9.97 Å². The molecule has 1 N–H and O–H groups in total. The molecule has 0 unspecified atom stereocenters. The summed E-state index contributed by atoms with van der Waals surface area (Å²) < 4.78 is 0. The lowest BCUT2D eigenvalue weighted by Crippen LogP contribution is -2.09. The van der Waals surface area contributed by atoms with E-state index in [0.717, 1.165) is 10.3 Å². The van der Waals surface area contributed by atoms with Gasteiger partial charge in [0, 0.05) is 16.5 Å². The zero-order valence-corrected chi connectivity index (χ0v) is 9.91. The van der Waals surface area contributed by atoms with Crippen molar-refractivity contribution < 1.29 is 0 Å². The summed E-state index contributed by atoms with van der Waals surface area (Å²) in [5.74, 6) is 0.650. The van der Waals surface area contributed by atoms with Crippen LogP contribution in [0.3, 0.4) is 0 Å². The van der Waals surface area contributed by atoms with Crippen LogP contribution in [0.25, 0.3) is 21.5 Å². The van der Waals surface area contributed by atoms with Crippen LogP contribution in [-0.2, 0) is 0 Å². The molecule has 0 bridgehead atoms. The zero-order chi connectivity index (χ0) is 11.8. The van der Waals surface area contributed by atoms with Gasteiger partial charge in [-0.1, -0.05) is 6.07 Å². The number of aromatic nitrogens is 3. The number of nitrogens with zero attached hydrogens (tertiary/aromatic N) is 2. The molecule has 0 saturated carbocycles. The molecule has 5 heteroatoms. The van der Waals surface area contributed by atoms with E-state index in [1.165, 1.54) is 0 Å². The molecular formula is C12H9N3OS. The van der Waals surface area contributed by atoms with Crippen LogP contribution in [0.1, 0.15) is 5.82 Å². The molecule has 0 saturated heterocycles. The summed E-state index contributed by atoms with van der Waals surface area (Å²) in [6.07, 6.45) is 1.73. The van der Waals surface area contributed by atoms with Crippen LogP contribution < -0.4 is 5.56 Å². The van der Waals surface area contributed by atoms with Gasteiger partial charge in [0.05, 0.1) is 5.56 Å². The smallest absolute Gasteiger partial charge is 0.258 e. The average molecular weight is 243 g/mol. The van der Waals surface area contributed by atoms with Gasteiger partial charge in [0.2, 0.25) is 0 Å². The molecule has 0 fully saturated rings. The van der Waals surface area contributed by atoms with E-state index >= 15 is 0 Å². The van der Waals surface area contributed by atoms with Gasteiger partial charge < -0.3 is 4.98 Å². The minimum Gasteiger partial charge on any atom is -0.306 e. The van der Waals surface area contributed by atoms with E-state index in [1.54, 1.807) is 24.5 Å². The highest BCUT2D eigenvalue weighted by atomic mass is 32.1. The Morgan fingerprint density at radius 3 is 3.06 bits per heavy atom. The lowest BCUT2D eigenvalue weighted by Gasteiger charge is -2.01. The highest BCUT2D eigenvalue weighted by molar-refractivity contribution is 7.13. The third kappa shape index (κ3) is 1.74. The summed E-state index contributed by atoms with van der Waals surface area (Å²) >= 11 is 1.54. The number of nitrogens with one attached hydrogen (secondary N) is 1. The van der Waals surface area contributed by atoms with Crippen molar-refractivity contribution in [2.75, 3.05) is 0 Å². The number of hydrogen-bond acceptors (Lipinski definition) is 4. The SMILES string of the molecule is Cc1ncc2cc(-c3cccs3)c(=O)[nH]c2n1. The maximum atomic E-state index is 11.9. The molecule has 0 aromatic carbocycles. The van der Waals surface area contributed by atoms with Crippen LogP contribution in [0.2, 0.25) is 0 Å². The minimum absolute atomic E-state index is 0.113. The molecule has 0 radical (unpaired) electrons. The van der Waals surface area contributed by atoms with Crippen molar-refractivity contribution >= 4 is 22.4 Å². The van der Waals surface area contributed by atoms with Crippen LogP contribution in [0.5, 0.6) is 0 Å². The maximum Gasteiger partial charge on any atom is 0.258 e. The molecule has 17 heavy (non-hydrogen) atoms. The Labute approximate surface area is 101 Å². The first kappa shape index (κ1) is 10.2. The predicted molar refractivity (Wildman–Crippen MR) is 68.2 cm³/mol. The number of aryl methyl sites for hydroxylation is 1. The first-order valence-electron chi connectivity index (χ1n) is 5.14. The fourth-order valence-corrected chi connectivity index (χ4v) is 2.44. The van der Waals surface area contributed by atoms with Crippen molar-refractivity contribution in [2.24, 2.45) is 0 Å². The Kier molecular flexibility index (Phi) is 2.26. The average Bonchev–Trinajstić information content (AvgIpc) is 2.81. The van der Waals surface area contributed by atoms with Gasteiger partial charge in [0.1, 0.15) is 11.5 Å². The van der Waals surface area contributed by atoms with Gasteiger partial charge in [-0.05, 0) is 24.4 Å². The van der Waals surface area contributed by atoms with Crippen molar-refractivity contribution in [1.82, 2.24) is 15.0 Å². The minimum atomic E-state index is -0.113. The predicted octanol–water partition coefficient (Wildman–Crippen LogP) is 2.36. The Morgan fingerprint density at radius 1 is 1.41 bits per heavy atom. The normalized spacial score (nSPS) is 10.9. The van der Waals surface area contributed by atoms with Gasteiger partial charge in [0.25, 0.3) is 5.56 Å². The topological polar surface area (TPSA) is 58.6 Å². The Bertz CT molecular complexity index is 731. The lowest BCUT2D eigenvalue weighted by atomic mass is 10.2. The summed E-state index contributed by atoms with van der Waals surface area (Å²) in [5, 5.41) is 2.79. The fourth-order valence-electron chi connectivity index (χ4n) is 1.70. The highest BCUT2D eigenvalue weighted by Crippen LogP contribution is 2.22. The molecule has 4 nitrogen and oxygen atoms in total. The standard InChI is InChI=1S/C12H9N3OS/c1-7-13-6-8-5-9(10-3-2-4-17-10)12(16)15-11(8)14-7/h2-6H,1H3,(H,13,14,15,16). The van der Waals surface area contributed by atoms with E-state index < -0.39 is 0 Å². The molecular weight excluding hydrogens is 234 g/mol. The van der Waals surface area contributed by atoms with E-state index in [0.29, 0.717) is 17.0 Å². The number of rotatable bonds is 1. The molecule has 3 rings (SSSR count). The maximum absolute atomic E-state index is 11.9. The Balaban J connectivity index is 2.32. The van der Waals surface area contributed by atoms with E-state index in [1.807, 2.05) is 23.6 Å². The Morgan fingerprint density at radius 2 is 2.29 bits per heavy atom. The number of aromatic amines is 1. The van der Waals surface area contributed by atoms with Crippen LogP contribution in [-0.4, -0.2) is 15.0 Å². The third-order valence-corrected chi connectivity index (χ3v) is 3.40. The number of pyridine rings is 1. The molecule has 3 aromatic rings. The molecule has 0 aliphatic heterocycles. The van der Waals surface area contributed by atoms with E-state index in [9.17, 15) is 4.79 Å². The molecule has 0 spiro atoms. The summed E-state index contributed by atoms with van der Waals surface area (Å²) in [5.41, 5.74) is 1.14. The number of thiophene rings is 1. The lowest BCUT2D eigenvalue weighted by molar-refractivity contribution is 1.07. The summed E-state index contributed by atoms with van der Waals surface area (Å²) in [6, 6.07) is 5.69. The van der Waals surface area contributed by atoms with Crippen molar-refractivity contribution in [2.45, 2.75) is 6.92 Å². The Hall–Kier alpha value is -2.01. The first-order chi connectivity index (χ1) is 8.24. The summed E-state index contributed by atoms with van der Waals surface area (Å²) in [6.45, 7) is 1.80. The van der Waals surface area contributed by atoms with Gasteiger partial charge in [-0.2, -0.15) is 0 Å². The van der Waals surface area contributed by atoms with Crippen molar-refractivity contribution in [1.29, 1.82) is 0 Å². The molecule has 3 aromatic heterocycles. The van der Waals surface area contributed by atoms with E-state index in [-0.39, 0.29) is 5.56 Å². The summed E-state index contributed by atoms with van der Waals surface area (Å²) in [4.78, 5) is 24.0. The largest absolute Gasteiger partial charge is 0.306 e. The molecule has 3 heterocycles. The van der Waals surface area contributed by atoms with Gasteiger partial charge >= 0.3 is 0 Å². The number of hydrogen-bond donors (Lipinski definition) is 1. The fraction of sp³-hybridized carbons (Fsp3) is 0.0833. The van der Waals surface area contributed by atoms with Gasteiger partial charge in [0.15, 0.2) is 0 Å². The van der Waals surface area contributed by atoms with Crippen LogP contribution in [0, 0.1) is 6.92 Å². The van der Waals surface area contributed by atoms with Crippen molar-refractivity contribution in [3.8, 4) is 10.4 Å². The highest BCUT2D eigenvalue weighted by Gasteiger charge is 2.07. The van der Waals surface area contributed by atoms with Gasteiger partial charge in [-0.3, -0.25) is 4.79 Å². The number of fused-ring (bicyclic) bond motifs is 1. The van der Waals surface area contributed by atoms with Crippen molar-refractivity contribution in [3.05, 3.63) is 46.0 Å². The zero-order valence-electron chi connectivity index (χ0n) is 9.10. The second-order valence-electron chi connectivity index (χ2n) is 3.71. The quantitative estimate of drug-likeness (QED) is 0.713. The second-order valence-corrected chi connectivity index (χ2v) is 4.66. The summed E-state index contributed by atoms with van der Waals surface area (Å²) in [7, 11) is 0. The van der Waals surface area contributed by atoms with E-state index in [4.69, 9.17) is 0 Å². The monoisotopic (exact) mass is 243 g/mol. The molecule has 84 valence electrons. The molecule has 0 atom stereocenters. The second kappa shape index (κ2) is 3.78. The van der Waals surface area contributed by atoms with Crippen LogP contribution in [0.15, 0.2) is 34.6 Å². The third-order valence-electron chi connectivity index (χ3n) is 2.50. The first-order valence-corrected chi connectivity index (χ1v) is 6.02. The molecule has 0 aliphatic carbocycles. The molecule has 0 aliphatic rings. The van der Waals surface area contributed by atoms with Gasteiger partial charge in [-0.15, -0.1) is 11.3 Å². The molecule has 0 amide bonds. The van der Waals surface area contributed by atoms with E-state index in [2.05, 4.69) is 15.0 Å². The van der Waals surface area contributed by atoms with Crippen molar-refractivity contribution in [3.63, 3.8) is 0 Å². The number of H-pyrrole nitrogens is 1. The van der Waals surface area contributed by atoms with Crippen LogP contribution in [0.4, 0.5) is 0 Å². The van der Waals surface area contributed by atoms with Crippen LogP contribution >= 0.6 is 11.3 Å².